The van der Waals surface area contributed by atoms with Gasteiger partial charge in [0.2, 0.25) is 0 Å². The summed E-state index contributed by atoms with van der Waals surface area (Å²) in [6.45, 7) is 2.35. The number of aromatic nitrogens is 1. The van der Waals surface area contributed by atoms with Gasteiger partial charge >= 0.3 is 0 Å². The minimum Gasteiger partial charge on any atom is -0.361 e. The van der Waals surface area contributed by atoms with E-state index in [0.717, 1.165) is 48.1 Å². The van der Waals surface area contributed by atoms with Crippen LogP contribution in [0.2, 0.25) is 0 Å². The Bertz CT molecular complexity index is 952. The highest BCUT2D eigenvalue weighted by Gasteiger charge is 2.09. The van der Waals surface area contributed by atoms with E-state index in [9.17, 15) is 4.39 Å². The lowest BCUT2D eigenvalue weighted by Gasteiger charge is -2.14. The van der Waals surface area contributed by atoms with Gasteiger partial charge in [0.1, 0.15) is 17.3 Å². The van der Waals surface area contributed by atoms with Crippen molar-refractivity contribution in [2.75, 3.05) is 13.1 Å². The summed E-state index contributed by atoms with van der Waals surface area (Å²) in [6, 6.07) is 16.9. The summed E-state index contributed by atoms with van der Waals surface area (Å²) in [5.41, 5.74) is 3.28. The summed E-state index contributed by atoms with van der Waals surface area (Å²) in [5.74, 6) is 1.40. The number of nitrogens with one attached hydrogen (secondary N) is 2. The zero-order chi connectivity index (χ0) is 19.2. The van der Waals surface area contributed by atoms with Gasteiger partial charge in [0.15, 0.2) is 5.96 Å². The Morgan fingerprint density at radius 2 is 1.96 bits per heavy atom. The maximum absolute atomic E-state index is 14.5. The molecule has 1 aromatic heterocycles. The van der Waals surface area contributed by atoms with Crippen LogP contribution in [0.4, 0.5) is 4.39 Å². The Morgan fingerprint density at radius 3 is 2.75 bits per heavy atom. The van der Waals surface area contributed by atoms with Crippen molar-refractivity contribution in [1.29, 1.82) is 0 Å². The van der Waals surface area contributed by atoms with E-state index in [1.807, 2.05) is 48.5 Å². The normalized spacial score (nSPS) is 13.7. The maximum atomic E-state index is 14.5. The molecule has 0 bridgehead atoms. The first-order valence-electron chi connectivity index (χ1n) is 9.58. The Morgan fingerprint density at radius 1 is 1.07 bits per heavy atom. The molecule has 2 heterocycles. The molecule has 1 aliphatic heterocycles. The van der Waals surface area contributed by atoms with Gasteiger partial charge in [0, 0.05) is 31.1 Å². The Labute approximate surface area is 163 Å². The molecule has 4 rings (SSSR count). The molecule has 0 fully saturated rings. The van der Waals surface area contributed by atoms with Crippen molar-refractivity contribution in [3.63, 3.8) is 0 Å². The SMILES string of the molecule is Fc1cc(CCc2cc(CNC3=NCCCN3)no2)ccc1-c1ccccc1. The van der Waals surface area contributed by atoms with Crippen molar-refractivity contribution in [2.24, 2.45) is 4.99 Å². The summed E-state index contributed by atoms with van der Waals surface area (Å²) in [4.78, 5) is 4.37. The second kappa shape index (κ2) is 8.69. The average Bonchev–Trinajstić information content (AvgIpc) is 3.20. The second-order valence-electron chi connectivity index (χ2n) is 6.83. The molecule has 0 saturated carbocycles. The van der Waals surface area contributed by atoms with Crippen LogP contribution in [0.3, 0.4) is 0 Å². The van der Waals surface area contributed by atoms with E-state index in [0.29, 0.717) is 24.9 Å². The molecular weight excluding hydrogens is 355 g/mol. The minimum absolute atomic E-state index is 0.202. The smallest absolute Gasteiger partial charge is 0.191 e. The van der Waals surface area contributed by atoms with Crippen molar-refractivity contribution in [3.8, 4) is 11.1 Å². The molecular formula is C22H23FN4O. The third-order valence-electron chi connectivity index (χ3n) is 4.72. The van der Waals surface area contributed by atoms with Crippen molar-refractivity contribution in [1.82, 2.24) is 15.8 Å². The average molecular weight is 378 g/mol. The molecule has 1 aliphatic rings. The maximum Gasteiger partial charge on any atom is 0.191 e. The third-order valence-corrected chi connectivity index (χ3v) is 4.72. The lowest BCUT2D eigenvalue weighted by molar-refractivity contribution is 0.376. The topological polar surface area (TPSA) is 62.5 Å². The molecule has 0 amide bonds. The number of nitrogens with zero attached hydrogens (tertiary/aromatic N) is 2. The zero-order valence-electron chi connectivity index (χ0n) is 15.6. The molecule has 28 heavy (non-hydrogen) atoms. The first-order chi connectivity index (χ1) is 13.8. The molecule has 0 saturated heterocycles. The molecule has 3 aromatic rings. The lowest BCUT2D eigenvalue weighted by atomic mass is 10.0. The molecule has 0 unspecified atom stereocenters. The fourth-order valence-corrected chi connectivity index (χ4v) is 3.22. The van der Waals surface area contributed by atoms with Crippen LogP contribution in [-0.2, 0) is 19.4 Å². The highest BCUT2D eigenvalue weighted by molar-refractivity contribution is 5.80. The second-order valence-corrected chi connectivity index (χ2v) is 6.83. The van der Waals surface area contributed by atoms with Crippen LogP contribution in [0.1, 0.15) is 23.4 Å². The van der Waals surface area contributed by atoms with Gasteiger partial charge in [-0.2, -0.15) is 0 Å². The lowest BCUT2D eigenvalue weighted by Crippen LogP contribution is -2.40. The number of hydrogen-bond acceptors (Lipinski definition) is 5. The number of aliphatic imine (C=N–C) groups is 1. The molecule has 144 valence electrons. The molecule has 0 spiro atoms. The molecule has 0 atom stereocenters. The largest absolute Gasteiger partial charge is 0.361 e. The van der Waals surface area contributed by atoms with Gasteiger partial charge in [0.25, 0.3) is 0 Å². The Kier molecular flexibility index (Phi) is 5.66. The monoisotopic (exact) mass is 378 g/mol. The predicted molar refractivity (Wildman–Crippen MR) is 108 cm³/mol. The van der Waals surface area contributed by atoms with Gasteiger partial charge in [0.05, 0.1) is 6.54 Å². The standard InChI is InChI=1S/C22H23FN4O/c23-21-13-16(8-10-20(21)17-5-2-1-3-6-17)7-9-19-14-18(27-28-19)15-26-22-24-11-4-12-25-22/h1-3,5-6,8,10,13-14H,4,7,9,11-12,15H2,(H2,24,25,26). The predicted octanol–water partition coefficient (Wildman–Crippen LogP) is 3.70. The number of guanidine groups is 1. The molecule has 0 aliphatic carbocycles. The van der Waals surface area contributed by atoms with Gasteiger partial charge in [-0.25, -0.2) is 4.39 Å². The van der Waals surface area contributed by atoms with E-state index in [1.54, 1.807) is 6.07 Å². The highest BCUT2D eigenvalue weighted by Crippen LogP contribution is 2.24. The van der Waals surface area contributed by atoms with Gasteiger partial charge in [-0.3, -0.25) is 4.99 Å². The van der Waals surface area contributed by atoms with Gasteiger partial charge in [-0.15, -0.1) is 0 Å². The van der Waals surface area contributed by atoms with Gasteiger partial charge in [-0.05, 0) is 30.0 Å². The van der Waals surface area contributed by atoms with E-state index in [4.69, 9.17) is 4.52 Å². The van der Waals surface area contributed by atoms with E-state index in [-0.39, 0.29) is 5.82 Å². The van der Waals surface area contributed by atoms with Crippen LogP contribution < -0.4 is 10.6 Å². The van der Waals surface area contributed by atoms with Crippen LogP contribution in [0.25, 0.3) is 11.1 Å². The van der Waals surface area contributed by atoms with E-state index in [1.165, 1.54) is 0 Å². The first-order valence-corrected chi connectivity index (χ1v) is 9.58. The van der Waals surface area contributed by atoms with E-state index < -0.39 is 0 Å². The Balaban J connectivity index is 1.33. The molecule has 0 radical (unpaired) electrons. The number of halogens is 1. The summed E-state index contributed by atoms with van der Waals surface area (Å²) in [7, 11) is 0. The van der Waals surface area contributed by atoms with Crippen LogP contribution in [0, 0.1) is 5.82 Å². The summed E-state index contributed by atoms with van der Waals surface area (Å²) in [5, 5.41) is 10.5. The fourth-order valence-electron chi connectivity index (χ4n) is 3.22. The first kappa shape index (κ1) is 18.2. The van der Waals surface area contributed by atoms with Crippen molar-refractivity contribution < 1.29 is 8.91 Å². The molecule has 5 nitrogen and oxygen atoms in total. The van der Waals surface area contributed by atoms with Crippen molar-refractivity contribution in [3.05, 3.63) is 77.4 Å². The van der Waals surface area contributed by atoms with Crippen molar-refractivity contribution in [2.45, 2.75) is 25.8 Å². The summed E-state index contributed by atoms with van der Waals surface area (Å²) < 4.78 is 19.9. The van der Waals surface area contributed by atoms with Crippen molar-refractivity contribution >= 4 is 5.96 Å². The van der Waals surface area contributed by atoms with Crippen LogP contribution in [0.5, 0.6) is 0 Å². The fraction of sp³-hybridized carbons (Fsp3) is 0.273. The summed E-state index contributed by atoms with van der Waals surface area (Å²) in [6.07, 6.45) is 2.44. The third kappa shape index (κ3) is 4.57. The number of hydrogen-bond donors (Lipinski definition) is 2. The molecule has 2 aromatic carbocycles. The van der Waals surface area contributed by atoms with E-state index >= 15 is 0 Å². The molecule has 6 heteroatoms. The number of aryl methyl sites for hydroxylation is 2. The molecule has 2 N–H and O–H groups in total. The summed E-state index contributed by atoms with van der Waals surface area (Å²) >= 11 is 0. The van der Waals surface area contributed by atoms with Crippen LogP contribution >= 0.6 is 0 Å². The van der Waals surface area contributed by atoms with Crippen LogP contribution in [0.15, 0.2) is 64.1 Å². The minimum atomic E-state index is -0.202. The zero-order valence-corrected chi connectivity index (χ0v) is 15.6. The quantitative estimate of drug-likeness (QED) is 0.687. The van der Waals surface area contributed by atoms with Crippen LogP contribution in [-0.4, -0.2) is 24.2 Å². The highest BCUT2D eigenvalue weighted by atomic mass is 19.1. The number of benzene rings is 2. The number of rotatable bonds is 6. The van der Waals surface area contributed by atoms with Gasteiger partial charge < -0.3 is 15.2 Å². The van der Waals surface area contributed by atoms with E-state index in [2.05, 4.69) is 20.8 Å². The Hall–Kier alpha value is -3.15. The van der Waals surface area contributed by atoms with Gasteiger partial charge in [-0.1, -0.05) is 47.6 Å².